The Hall–Kier alpha value is -2.67. The Balaban J connectivity index is 1.89. The molecule has 1 saturated heterocycles. The van der Waals surface area contributed by atoms with E-state index in [1.54, 1.807) is 0 Å². The van der Waals surface area contributed by atoms with Crippen molar-refractivity contribution in [2.45, 2.75) is 12.7 Å². The molecule has 27 heavy (non-hydrogen) atoms. The predicted molar refractivity (Wildman–Crippen MR) is 97.3 cm³/mol. The summed E-state index contributed by atoms with van der Waals surface area (Å²) < 4.78 is 34.6. The summed E-state index contributed by atoms with van der Waals surface area (Å²) >= 11 is 0. The summed E-state index contributed by atoms with van der Waals surface area (Å²) in [5.74, 6) is -0.160. The number of ether oxygens (including phenoxy) is 2. The van der Waals surface area contributed by atoms with Gasteiger partial charge in [0.25, 0.3) is 5.91 Å². The zero-order chi connectivity index (χ0) is 19.4. The number of nitrogens with zero attached hydrogens (tertiary/aromatic N) is 2. The Bertz CT molecular complexity index is 786. The molecule has 0 aromatic heterocycles. The number of rotatable bonds is 5. The van der Waals surface area contributed by atoms with Crippen molar-refractivity contribution >= 4 is 5.91 Å². The molecule has 0 unspecified atom stereocenters. The van der Waals surface area contributed by atoms with Gasteiger partial charge in [0.15, 0.2) is 11.5 Å². The fourth-order valence-electron chi connectivity index (χ4n) is 3.28. The van der Waals surface area contributed by atoms with E-state index in [0.29, 0.717) is 12.1 Å². The van der Waals surface area contributed by atoms with E-state index in [9.17, 15) is 13.6 Å². The third kappa shape index (κ3) is 4.36. The fourth-order valence-corrected chi connectivity index (χ4v) is 3.28. The van der Waals surface area contributed by atoms with Crippen molar-refractivity contribution in [2.75, 3.05) is 33.8 Å². The number of hydrogen-bond donors (Lipinski definition) is 0. The molecule has 5 nitrogen and oxygen atoms in total. The minimum Gasteiger partial charge on any atom is -0.493 e. The molecule has 0 radical (unpaired) electrons. The number of alkyl halides is 2. The normalized spacial score (nSPS) is 17.8. The highest BCUT2D eigenvalue weighted by molar-refractivity contribution is 5.95. The van der Waals surface area contributed by atoms with Gasteiger partial charge in [0, 0.05) is 25.2 Å². The largest absolute Gasteiger partial charge is 0.493 e. The summed E-state index contributed by atoms with van der Waals surface area (Å²) in [5, 5.41) is 0. The standard InChI is InChI=1S/C20H22F2N2O3/c1-23-10-11-24(16(13-23)14-6-4-3-5-7-14)19(25)15-8-9-17(27-20(21)22)18(12-15)26-2/h3-9,12,16,20H,10-11,13H2,1-2H3/t16-/m0/s1. The number of benzene rings is 2. The van der Waals surface area contributed by atoms with Gasteiger partial charge in [0.05, 0.1) is 13.2 Å². The van der Waals surface area contributed by atoms with Crippen LogP contribution in [0, 0.1) is 0 Å². The lowest BCUT2D eigenvalue weighted by molar-refractivity contribution is -0.0512. The molecule has 0 saturated carbocycles. The summed E-state index contributed by atoms with van der Waals surface area (Å²) in [4.78, 5) is 17.2. The second kappa shape index (κ2) is 8.35. The van der Waals surface area contributed by atoms with Crippen LogP contribution in [0.5, 0.6) is 11.5 Å². The van der Waals surface area contributed by atoms with Crippen LogP contribution >= 0.6 is 0 Å². The van der Waals surface area contributed by atoms with Gasteiger partial charge in [-0.05, 0) is 30.8 Å². The van der Waals surface area contributed by atoms with Gasteiger partial charge in [-0.1, -0.05) is 30.3 Å². The van der Waals surface area contributed by atoms with Crippen molar-refractivity contribution in [3.05, 3.63) is 59.7 Å². The maximum Gasteiger partial charge on any atom is 0.387 e. The smallest absolute Gasteiger partial charge is 0.387 e. The Morgan fingerprint density at radius 3 is 2.52 bits per heavy atom. The molecular weight excluding hydrogens is 354 g/mol. The third-order valence-corrected chi connectivity index (χ3v) is 4.66. The van der Waals surface area contributed by atoms with Crippen molar-refractivity contribution in [3.63, 3.8) is 0 Å². The quantitative estimate of drug-likeness (QED) is 0.802. The molecule has 0 N–H and O–H groups in total. The van der Waals surface area contributed by atoms with Crippen LogP contribution in [0.2, 0.25) is 0 Å². The molecule has 1 atom stereocenters. The van der Waals surface area contributed by atoms with Crippen molar-refractivity contribution < 1.29 is 23.0 Å². The number of likely N-dealkylation sites (N-methyl/N-ethyl adjacent to an activating group) is 1. The molecule has 7 heteroatoms. The Morgan fingerprint density at radius 2 is 1.85 bits per heavy atom. The maximum atomic E-state index is 13.2. The molecule has 2 aromatic rings. The first kappa shape index (κ1) is 19.1. The number of hydrogen-bond acceptors (Lipinski definition) is 4. The molecule has 0 spiro atoms. The van der Waals surface area contributed by atoms with Crippen LogP contribution in [-0.2, 0) is 0 Å². The highest BCUT2D eigenvalue weighted by Gasteiger charge is 2.31. The lowest BCUT2D eigenvalue weighted by Crippen LogP contribution is -2.49. The van der Waals surface area contributed by atoms with Crippen LogP contribution in [0.15, 0.2) is 48.5 Å². The Kier molecular flexibility index (Phi) is 5.91. The van der Waals surface area contributed by atoms with Gasteiger partial charge in [0.2, 0.25) is 0 Å². The van der Waals surface area contributed by atoms with Gasteiger partial charge >= 0.3 is 6.61 Å². The number of piperazine rings is 1. The van der Waals surface area contributed by atoms with Crippen LogP contribution < -0.4 is 9.47 Å². The van der Waals surface area contributed by atoms with Crippen LogP contribution in [0.3, 0.4) is 0 Å². The molecule has 0 aliphatic carbocycles. The highest BCUT2D eigenvalue weighted by Crippen LogP contribution is 2.32. The molecular formula is C20H22F2N2O3. The zero-order valence-corrected chi connectivity index (χ0v) is 15.3. The lowest BCUT2D eigenvalue weighted by atomic mass is 10.0. The molecule has 1 amide bonds. The van der Waals surface area contributed by atoms with Crippen molar-refractivity contribution in [2.24, 2.45) is 0 Å². The van der Waals surface area contributed by atoms with Crippen LogP contribution in [0.1, 0.15) is 22.0 Å². The van der Waals surface area contributed by atoms with E-state index in [0.717, 1.165) is 18.7 Å². The van der Waals surface area contributed by atoms with E-state index in [-0.39, 0.29) is 23.4 Å². The second-order valence-electron chi connectivity index (χ2n) is 6.43. The molecule has 1 aliphatic heterocycles. The van der Waals surface area contributed by atoms with E-state index in [1.165, 1.54) is 25.3 Å². The van der Waals surface area contributed by atoms with Crippen LogP contribution in [0.25, 0.3) is 0 Å². The Morgan fingerprint density at radius 1 is 1.11 bits per heavy atom. The van der Waals surface area contributed by atoms with E-state index in [2.05, 4.69) is 9.64 Å². The average Bonchev–Trinajstić information content (AvgIpc) is 2.68. The minimum absolute atomic E-state index is 0.0829. The van der Waals surface area contributed by atoms with Crippen LogP contribution in [-0.4, -0.2) is 56.1 Å². The van der Waals surface area contributed by atoms with Gasteiger partial charge < -0.3 is 19.3 Å². The lowest BCUT2D eigenvalue weighted by Gasteiger charge is -2.40. The first-order chi connectivity index (χ1) is 13.0. The minimum atomic E-state index is -2.96. The third-order valence-electron chi connectivity index (χ3n) is 4.66. The summed E-state index contributed by atoms with van der Waals surface area (Å²) in [6, 6.07) is 14.0. The molecule has 2 aromatic carbocycles. The monoisotopic (exact) mass is 376 g/mol. The predicted octanol–water partition coefficient (Wildman–Crippen LogP) is 3.43. The zero-order valence-electron chi connectivity index (χ0n) is 15.3. The van der Waals surface area contributed by atoms with E-state index < -0.39 is 6.61 Å². The van der Waals surface area contributed by atoms with Crippen molar-refractivity contribution in [3.8, 4) is 11.5 Å². The van der Waals surface area contributed by atoms with E-state index in [4.69, 9.17) is 4.74 Å². The number of halogens is 2. The second-order valence-corrected chi connectivity index (χ2v) is 6.43. The van der Waals surface area contributed by atoms with Gasteiger partial charge in [-0.15, -0.1) is 0 Å². The first-order valence-corrected chi connectivity index (χ1v) is 8.67. The Labute approximate surface area is 157 Å². The average molecular weight is 376 g/mol. The number of methoxy groups -OCH3 is 1. The summed E-state index contributed by atoms with van der Waals surface area (Å²) in [5.41, 5.74) is 1.43. The van der Waals surface area contributed by atoms with Crippen molar-refractivity contribution in [1.82, 2.24) is 9.80 Å². The molecule has 1 heterocycles. The van der Waals surface area contributed by atoms with Gasteiger partial charge in [-0.25, -0.2) is 0 Å². The van der Waals surface area contributed by atoms with Gasteiger partial charge in [0.1, 0.15) is 0 Å². The fraction of sp³-hybridized carbons (Fsp3) is 0.350. The molecule has 1 aliphatic rings. The SMILES string of the molecule is COc1cc(C(=O)N2CCN(C)C[C@H]2c2ccccc2)ccc1OC(F)F. The summed E-state index contributed by atoms with van der Waals surface area (Å²) in [7, 11) is 3.38. The maximum absolute atomic E-state index is 13.2. The summed E-state index contributed by atoms with van der Waals surface area (Å²) in [6.07, 6.45) is 0. The number of carbonyl (C=O) groups excluding carboxylic acids is 1. The highest BCUT2D eigenvalue weighted by atomic mass is 19.3. The number of carbonyl (C=O) groups is 1. The van der Waals surface area contributed by atoms with Crippen molar-refractivity contribution in [1.29, 1.82) is 0 Å². The van der Waals surface area contributed by atoms with Gasteiger partial charge in [-0.2, -0.15) is 8.78 Å². The molecule has 3 rings (SSSR count). The van der Waals surface area contributed by atoms with Gasteiger partial charge in [-0.3, -0.25) is 4.79 Å². The van der Waals surface area contributed by atoms with E-state index >= 15 is 0 Å². The molecule has 0 bridgehead atoms. The van der Waals surface area contributed by atoms with Crippen LogP contribution in [0.4, 0.5) is 8.78 Å². The molecule has 1 fully saturated rings. The summed E-state index contributed by atoms with van der Waals surface area (Å²) in [6.45, 7) is -0.898. The number of amides is 1. The topological polar surface area (TPSA) is 42.0 Å². The van der Waals surface area contributed by atoms with E-state index in [1.807, 2.05) is 42.3 Å². The first-order valence-electron chi connectivity index (χ1n) is 8.67. The molecule has 144 valence electrons.